The predicted octanol–water partition coefficient (Wildman–Crippen LogP) is 2.66. The van der Waals surface area contributed by atoms with E-state index in [1.807, 2.05) is 19.1 Å². The van der Waals surface area contributed by atoms with Crippen LogP contribution < -0.4 is 24.3 Å². The lowest BCUT2D eigenvalue weighted by atomic mass is 9.91. The summed E-state index contributed by atoms with van der Waals surface area (Å²) >= 11 is 0. The van der Waals surface area contributed by atoms with E-state index in [0.29, 0.717) is 29.4 Å². The van der Waals surface area contributed by atoms with Crippen LogP contribution in [0.25, 0.3) is 0 Å². The Kier molecular flexibility index (Phi) is 4.92. The van der Waals surface area contributed by atoms with E-state index in [9.17, 15) is 9.59 Å². The molecule has 1 N–H and O–H groups in total. The Balaban J connectivity index is 1.40. The van der Waals surface area contributed by atoms with Gasteiger partial charge in [0.25, 0.3) is 5.91 Å². The number of urea groups is 1. The molecule has 152 valence electrons. The van der Waals surface area contributed by atoms with Crippen molar-refractivity contribution in [3.8, 4) is 23.0 Å². The Morgan fingerprint density at radius 2 is 1.72 bits per heavy atom. The molecule has 1 saturated heterocycles. The lowest BCUT2D eigenvalue weighted by Gasteiger charge is -2.22. The maximum Gasteiger partial charge on any atom is 0.325 e. The van der Waals surface area contributed by atoms with Crippen LogP contribution in [0.5, 0.6) is 23.0 Å². The number of rotatable bonds is 7. The van der Waals surface area contributed by atoms with Crippen LogP contribution >= 0.6 is 0 Å². The predicted molar refractivity (Wildman–Crippen MR) is 103 cm³/mol. The maximum atomic E-state index is 13.0. The van der Waals surface area contributed by atoms with E-state index in [1.54, 1.807) is 37.3 Å². The monoisotopic (exact) mass is 398 g/mol. The van der Waals surface area contributed by atoms with E-state index >= 15 is 0 Å². The second-order valence-corrected chi connectivity index (χ2v) is 6.83. The molecule has 1 fully saturated rings. The smallest absolute Gasteiger partial charge is 0.325 e. The SMILES string of the molecule is CCOc1ccc(OCCN2C(=O)N[C@](C)(c3ccc4c(c3)OCO4)C2=O)cc1. The fraction of sp³-hybridized carbons (Fsp3) is 0.333. The normalized spacial score (nSPS) is 20.0. The first-order valence-corrected chi connectivity index (χ1v) is 9.41. The molecule has 1 atom stereocenters. The zero-order valence-electron chi connectivity index (χ0n) is 16.3. The molecule has 8 nitrogen and oxygen atoms in total. The molecule has 29 heavy (non-hydrogen) atoms. The third-order valence-corrected chi connectivity index (χ3v) is 4.94. The quantitative estimate of drug-likeness (QED) is 0.722. The fourth-order valence-electron chi connectivity index (χ4n) is 3.36. The molecule has 0 saturated carbocycles. The molecule has 0 aromatic heterocycles. The molecule has 0 unspecified atom stereocenters. The van der Waals surface area contributed by atoms with Gasteiger partial charge in [0.05, 0.1) is 13.2 Å². The number of ether oxygens (including phenoxy) is 4. The molecule has 2 aliphatic rings. The van der Waals surface area contributed by atoms with Crippen LogP contribution in [0.15, 0.2) is 42.5 Å². The van der Waals surface area contributed by atoms with Gasteiger partial charge in [-0.25, -0.2) is 4.79 Å². The first-order chi connectivity index (χ1) is 14.0. The second kappa shape index (κ2) is 7.54. The number of hydrogen-bond donors (Lipinski definition) is 1. The molecule has 8 heteroatoms. The zero-order chi connectivity index (χ0) is 20.4. The Morgan fingerprint density at radius 1 is 1.03 bits per heavy atom. The van der Waals surface area contributed by atoms with Crippen LogP contribution in [-0.2, 0) is 10.3 Å². The highest BCUT2D eigenvalue weighted by atomic mass is 16.7. The van der Waals surface area contributed by atoms with E-state index in [1.165, 1.54) is 4.90 Å². The van der Waals surface area contributed by atoms with Gasteiger partial charge >= 0.3 is 6.03 Å². The highest BCUT2D eigenvalue weighted by Crippen LogP contribution is 2.37. The number of carbonyl (C=O) groups is 2. The van der Waals surface area contributed by atoms with Gasteiger partial charge < -0.3 is 24.3 Å². The number of carbonyl (C=O) groups excluding carboxylic acids is 2. The van der Waals surface area contributed by atoms with E-state index in [-0.39, 0.29) is 25.9 Å². The largest absolute Gasteiger partial charge is 0.494 e. The standard InChI is InChI=1S/C21H22N2O6/c1-3-26-15-5-7-16(8-6-15)27-11-10-23-19(24)21(2,22-20(23)25)14-4-9-17-18(12-14)29-13-28-17/h4-9,12H,3,10-11,13H2,1-2H3,(H,22,25)/t21-/m1/s1. The number of imide groups is 1. The molecular weight excluding hydrogens is 376 g/mol. The molecule has 0 spiro atoms. The number of amides is 3. The van der Waals surface area contributed by atoms with Gasteiger partial charge in [-0.2, -0.15) is 0 Å². The average Bonchev–Trinajstić information content (AvgIpc) is 3.27. The van der Waals surface area contributed by atoms with E-state index < -0.39 is 11.6 Å². The van der Waals surface area contributed by atoms with Gasteiger partial charge in [-0.15, -0.1) is 0 Å². The van der Waals surface area contributed by atoms with Crippen LogP contribution in [-0.4, -0.2) is 43.4 Å². The first-order valence-electron chi connectivity index (χ1n) is 9.41. The van der Waals surface area contributed by atoms with E-state index in [0.717, 1.165) is 5.75 Å². The summed E-state index contributed by atoms with van der Waals surface area (Å²) < 4.78 is 21.7. The second-order valence-electron chi connectivity index (χ2n) is 6.83. The van der Waals surface area contributed by atoms with Gasteiger partial charge in [-0.3, -0.25) is 9.69 Å². The van der Waals surface area contributed by atoms with Crippen molar-refractivity contribution in [1.29, 1.82) is 0 Å². The van der Waals surface area contributed by atoms with Crippen molar-refractivity contribution in [2.45, 2.75) is 19.4 Å². The van der Waals surface area contributed by atoms with Gasteiger partial charge in [-0.1, -0.05) is 6.07 Å². The molecule has 3 amide bonds. The first kappa shape index (κ1) is 18.9. The van der Waals surface area contributed by atoms with Gasteiger partial charge in [-0.05, 0) is 55.8 Å². The Hall–Kier alpha value is -3.42. The summed E-state index contributed by atoms with van der Waals surface area (Å²) in [6.07, 6.45) is 0. The summed E-state index contributed by atoms with van der Waals surface area (Å²) in [5.41, 5.74) is -0.535. The molecule has 2 aliphatic heterocycles. The maximum absolute atomic E-state index is 13.0. The highest BCUT2D eigenvalue weighted by molar-refractivity contribution is 6.07. The van der Waals surface area contributed by atoms with Gasteiger partial charge in [0.1, 0.15) is 23.6 Å². The molecule has 4 rings (SSSR count). The van der Waals surface area contributed by atoms with Crippen LogP contribution in [0.3, 0.4) is 0 Å². The van der Waals surface area contributed by atoms with Crippen molar-refractivity contribution in [2.75, 3.05) is 26.6 Å². The molecule has 0 aliphatic carbocycles. The van der Waals surface area contributed by atoms with Crippen LogP contribution in [0, 0.1) is 0 Å². The van der Waals surface area contributed by atoms with Crippen LogP contribution in [0.2, 0.25) is 0 Å². The third-order valence-electron chi connectivity index (χ3n) is 4.94. The number of hydrogen-bond acceptors (Lipinski definition) is 6. The lowest BCUT2D eigenvalue weighted by Crippen LogP contribution is -2.41. The Bertz CT molecular complexity index is 929. The van der Waals surface area contributed by atoms with Crippen LogP contribution in [0.1, 0.15) is 19.4 Å². The lowest BCUT2D eigenvalue weighted by molar-refractivity contribution is -0.131. The molecule has 2 heterocycles. The molecule has 2 aromatic rings. The number of nitrogens with zero attached hydrogens (tertiary/aromatic N) is 1. The summed E-state index contributed by atoms with van der Waals surface area (Å²) in [5.74, 6) is 2.24. The number of benzene rings is 2. The minimum Gasteiger partial charge on any atom is -0.494 e. The summed E-state index contributed by atoms with van der Waals surface area (Å²) in [6, 6.07) is 11.9. The van der Waals surface area contributed by atoms with Crippen molar-refractivity contribution >= 4 is 11.9 Å². The number of nitrogens with one attached hydrogen (secondary N) is 1. The van der Waals surface area contributed by atoms with Crippen molar-refractivity contribution in [1.82, 2.24) is 10.2 Å². The third kappa shape index (κ3) is 3.53. The molecule has 0 bridgehead atoms. The average molecular weight is 398 g/mol. The summed E-state index contributed by atoms with van der Waals surface area (Å²) in [6.45, 7) is 4.65. The Labute approximate surface area is 168 Å². The van der Waals surface area contributed by atoms with Gasteiger partial charge in [0.15, 0.2) is 11.5 Å². The summed E-state index contributed by atoms with van der Waals surface area (Å²) in [4.78, 5) is 26.6. The molecular formula is C21H22N2O6. The van der Waals surface area contributed by atoms with Gasteiger partial charge in [0.2, 0.25) is 6.79 Å². The van der Waals surface area contributed by atoms with Crippen molar-refractivity contribution in [3.63, 3.8) is 0 Å². The van der Waals surface area contributed by atoms with E-state index in [2.05, 4.69) is 5.32 Å². The van der Waals surface area contributed by atoms with E-state index in [4.69, 9.17) is 18.9 Å². The minimum absolute atomic E-state index is 0.137. The minimum atomic E-state index is -1.17. The van der Waals surface area contributed by atoms with Crippen molar-refractivity contribution < 1.29 is 28.5 Å². The summed E-state index contributed by atoms with van der Waals surface area (Å²) in [5, 5.41) is 2.78. The fourth-order valence-corrected chi connectivity index (χ4v) is 3.36. The topological polar surface area (TPSA) is 86.3 Å². The zero-order valence-corrected chi connectivity index (χ0v) is 16.3. The number of fused-ring (bicyclic) bond motifs is 1. The van der Waals surface area contributed by atoms with Gasteiger partial charge in [0, 0.05) is 0 Å². The molecule has 2 aromatic carbocycles. The highest BCUT2D eigenvalue weighted by Gasteiger charge is 2.49. The summed E-state index contributed by atoms with van der Waals surface area (Å²) in [7, 11) is 0. The van der Waals surface area contributed by atoms with Crippen LogP contribution in [0.4, 0.5) is 4.79 Å². The van der Waals surface area contributed by atoms with Crippen molar-refractivity contribution in [2.24, 2.45) is 0 Å². The Morgan fingerprint density at radius 3 is 2.45 bits per heavy atom. The van der Waals surface area contributed by atoms with Crippen molar-refractivity contribution in [3.05, 3.63) is 48.0 Å². The molecule has 0 radical (unpaired) electrons.